The van der Waals surface area contributed by atoms with Gasteiger partial charge in [0.15, 0.2) is 0 Å². The minimum atomic E-state index is -0.273. The highest BCUT2D eigenvalue weighted by Gasteiger charge is 2.10. The minimum Gasteiger partial charge on any atom is -0.368 e. The van der Waals surface area contributed by atoms with Crippen molar-refractivity contribution in [1.29, 1.82) is 0 Å². The number of hydrogen-bond acceptors (Lipinski definition) is 2. The summed E-state index contributed by atoms with van der Waals surface area (Å²) in [4.78, 5) is 10.9. The Morgan fingerprint density at radius 1 is 1.40 bits per heavy atom. The predicted octanol–water partition coefficient (Wildman–Crippen LogP) is 1.08. The van der Waals surface area contributed by atoms with Gasteiger partial charge in [-0.2, -0.15) is 0 Å². The molecule has 0 aliphatic heterocycles. The number of carbonyl (C=O) groups is 1. The van der Waals surface area contributed by atoms with Gasteiger partial charge in [0.25, 0.3) is 0 Å². The number of nitrogens with two attached hydrogens (primary N) is 1. The van der Waals surface area contributed by atoms with Gasteiger partial charge in [-0.3, -0.25) is 4.79 Å². The number of hydrogen-bond donors (Lipinski definition) is 2. The van der Waals surface area contributed by atoms with Crippen LogP contribution in [-0.4, -0.2) is 18.5 Å². The van der Waals surface area contributed by atoms with E-state index in [0.717, 1.165) is 19.4 Å². The van der Waals surface area contributed by atoms with Gasteiger partial charge in [0.2, 0.25) is 5.91 Å². The number of nitrogens with one attached hydrogen (secondary N) is 1. The van der Waals surface area contributed by atoms with Crippen molar-refractivity contribution in [3.8, 4) is 0 Å². The SMILES string of the molecule is CCC(NCCc1ccccc1)C(N)=O. The molecule has 1 amide bonds. The molecule has 1 rings (SSSR count). The van der Waals surface area contributed by atoms with Crippen LogP contribution in [0.5, 0.6) is 0 Å². The number of carbonyl (C=O) groups excluding carboxylic acids is 1. The van der Waals surface area contributed by atoms with Crippen molar-refractivity contribution in [3.05, 3.63) is 35.9 Å². The molecule has 82 valence electrons. The summed E-state index contributed by atoms with van der Waals surface area (Å²) in [5.41, 5.74) is 6.49. The largest absolute Gasteiger partial charge is 0.368 e. The second-order valence-corrected chi connectivity index (χ2v) is 3.55. The maximum atomic E-state index is 10.9. The predicted molar refractivity (Wildman–Crippen MR) is 61.4 cm³/mol. The van der Waals surface area contributed by atoms with E-state index < -0.39 is 0 Å². The lowest BCUT2D eigenvalue weighted by molar-refractivity contribution is -0.120. The molecular weight excluding hydrogens is 188 g/mol. The molecule has 3 N–H and O–H groups in total. The van der Waals surface area contributed by atoms with Crippen LogP contribution in [0.15, 0.2) is 30.3 Å². The van der Waals surface area contributed by atoms with E-state index in [1.54, 1.807) is 0 Å². The first-order valence-corrected chi connectivity index (χ1v) is 5.30. The maximum Gasteiger partial charge on any atom is 0.234 e. The number of amides is 1. The smallest absolute Gasteiger partial charge is 0.234 e. The van der Waals surface area contributed by atoms with E-state index in [9.17, 15) is 4.79 Å². The Bertz CT molecular complexity index is 298. The summed E-state index contributed by atoms with van der Waals surface area (Å²) in [7, 11) is 0. The molecule has 0 bridgehead atoms. The van der Waals surface area contributed by atoms with Crippen LogP contribution in [0.4, 0.5) is 0 Å². The highest BCUT2D eigenvalue weighted by atomic mass is 16.1. The standard InChI is InChI=1S/C12H18N2O/c1-2-11(12(13)15)14-9-8-10-6-4-3-5-7-10/h3-7,11,14H,2,8-9H2,1H3,(H2,13,15). The first-order valence-electron chi connectivity index (χ1n) is 5.30. The third-order valence-corrected chi connectivity index (χ3v) is 2.40. The van der Waals surface area contributed by atoms with Crippen molar-refractivity contribution in [2.75, 3.05) is 6.54 Å². The van der Waals surface area contributed by atoms with Crippen LogP contribution in [0.3, 0.4) is 0 Å². The van der Waals surface area contributed by atoms with Crippen molar-refractivity contribution in [1.82, 2.24) is 5.32 Å². The fourth-order valence-corrected chi connectivity index (χ4v) is 1.48. The van der Waals surface area contributed by atoms with Crippen LogP contribution in [0.2, 0.25) is 0 Å². The van der Waals surface area contributed by atoms with Crippen LogP contribution in [-0.2, 0) is 11.2 Å². The van der Waals surface area contributed by atoms with Gasteiger partial charge in [-0.1, -0.05) is 37.3 Å². The summed E-state index contributed by atoms with van der Waals surface area (Å²) < 4.78 is 0. The Morgan fingerprint density at radius 3 is 2.60 bits per heavy atom. The molecule has 1 unspecified atom stereocenters. The lowest BCUT2D eigenvalue weighted by Gasteiger charge is -2.12. The molecule has 0 radical (unpaired) electrons. The van der Waals surface area contributed by atoms with E-state index in [1.807, 2.05) is 25.1 Å². The quantitative estimate of drug-likeness (QED) is 0.732. The molecule has 1 aromatic carbocycles. The van der Waals surface area contributed by atoms with Crippen LogP contribution in [0.25, 0.3) is 0 Å². The molecule has 0 fully saturated rings. The first-order chi connectivity index (χ1) is 7.24. The van der Waals surface area contributed by atoms with Crippen molar-refractivity contribution < 1.29 is 4.79 Å². The Kier molecular flexibility index (Phi) is 4.84. The van der Waals surface area contributed by atoms with Crippen molar-refractivity contribution in [2.45, 2.75) is 25.8 Å². The van der Waals surface area contributed by atoms with Crippen LogP contribution in [0, 0.1) is 0 Å². The van der Waals surface area contributed by atoms with Gasteiger partial charge in [-0.25, -0.2) is 0 Å². The van der Waals surface area contributed by atoms with E-state index in [2.05, 4.69) is 17.4 Å². The van der Waals surface area contributed by atoms with Crippen molar-refractivity contribution >= 4 is 5.91 Å². The lowest BCUT2D eigenvalue weighted by atomic mass is 10.1. The highest BCUT2D eigenvalue weighted by molar-refractivity contribution is 5.79. The van der Waals surface area contributed by atoms with E-state index in [0.29, 0.717) is 0 Å². The third-order valence-electron chi connectivity index (χ3n) is 2.40. The van der Waals surface area contributed by atoms with Gasteiger partial charge >= 0.3 is 0 Å². The van der Waals surface area contributed by atoms with Gasteiger partial charge in [-0.15, -0.1) is 0 Å². The van der Waals surface area contributed by atoms with Gasteiger partial charge in [0.05, 0.1) is 6.04 Å². The minimum absolute atomic E-state index is 0.200. The Balaban J connectivity index is 2.30. The zero-order valence-electron chi connectivity index (χ0n) is 9.07. The molecular formula is C12H18N2O. The average Bonchev–Trinajstić information content (AvgIpc) is 2.25. The first kappa shape index (κ1) is 11.7. The second-order valence-electron chi connectivity index (χ2n) is 3.55. The number of primary amides is 1. The number of benzene rings is 1. The fourth-order valence-electron chi connectivity index (χ4n) is 1.48. The molecule has 0 saturated carbocycles. The molecule has 0 aliphatic rings. The molecule has 3 heteroatoms. The van der Waals surface area contributed by atoms with Crippen molar-refractivity contribution in [2.24, 2.45) is 5.73 Å². The Morgan fingerprint density at radius 2 is 2.07 bits per heavy atom. The monoisotopic (exact) mass is 206 g/mol. The summed E-state index contributed by atoms with van der Waals surface area (Å²) >= 11 is 0. The van der Waals surface area contributed by atoms with Crippen LogP contribution in [0.1, 0.15) is 18.9 Å². The average molecular weight is 206 g/mol. The molecule has 1 atom stereocenters. The Labute approximate surface area is 90.7 Å². The van der Waals surface area contributed by atoms with Gasteiger partial charge in [0.1, 0.15) is 0 Å². The Hall–Kier alpha value is -1.35. The molecule has 0 spiro atoms. The highest BCUT2D eigenvalue weighted by Crippen LogP contribution is 1.99. The lowest BCUT2D eigenvalue weighted by Crippen LogP contribution is -2.41. The summed E-state index contributed by atoms with van der Waals surface area (Å²) in [6.45, 7) is 2.73. The molecule has 15 heavy (non-hydrogen) atoms. The van der Waals surface area contributed by atoms with Crippen LogP contribution < -0.4 is 11.1 Å². The summed E-state index contributed by atoms with van der Waals surface area (Å²) in [5.74, 6) is -0.273. The second kappa shape index (κ2) is 6.19. The van der Waals surface area contributed by atoms with Gasteiger partial charge < -0.3 is 11.1 Å². The topological polar surface area (TPSA) is 55.1 Å². The van der Waals surface area contributed by atoms with E-state index in [4.69, 9.17) is 5.73 Å². The molecule has 0 aromatic heterocycles. The maximum absolute atomic E-state index is 10.9. The fraction of sp³-hybridized carbons (Fsp3) is 0.417. The zero-order valence-corrected chi connectivity index (χ0v) is 9.07. The zero-order chi connectivity index (χ0) is 11.1. The molecule has 1 aromatic rings. The third kappa shape index (κ3) is 4.13. The van der Waals surface area contributed by atoms with Gasteiger partial charge in [0, 0.05) is 0 Å². The summed E-state index contributed by atoms with van der Waals surface area (Å²) in [6.07, 6.45) is 1.66. The molecule has 3 nitrogen and oxygen atoms in total. The van der Waals surface area contributed by atoms with Crippen LogP contribution >= 0.6 is 0 Å². The van der Waals surface area contributed by atoms with E-state index in [-0.39, 0.29) is 11.9 Å². The summed E-state index contributed by atoms with van der Waals surface area (Å²) in [6, 6.07) is 9.98. The van der Waals surface area contributed by atoms with E-state index in [1.165, 1.54) is 5.56 Å². The molecule has 0 saturated heterocycles. The molecule has 0 aliphatic carbocycles. The molecule has 0 heterocycles. The summed E-state index contributed by atoms with van der Waals surface area (Å²) in [5, 5.41) is 3.14. The van der Waals surface area contributed by atoms with Gasteiger partial charge in [-0.05, 0) is 24.9 Å². The number of rotatable bonds is 6. The van der Waals surface area contributed by atoms with Crippen molar-refractivity contribution in [3.63, 3.8) is 0 Å². The van der Waals surface area contributed by atoms with E-state index >= 15 is 0 Å². The normalized spacial score (nSPS) is 12.3.